The van der Waals surface area contributed by atoms with Gasteiger partial charge in [0.25, 0.3) is 0 Å². The van der Waals surface area contributed by atoms with E-state index in [1.807, 2.05) is 41.8 Å². The molecule has 1 aromatic heterocycles. The number of carbonyl (C=O) groups excluding carboxylic acids is 1. The second-order valence-corrected chi connectivity index (χ2v) is 5.12. The molecule has 3 rings (SSSR count). The Balaban J connectivity index is 1.70. The lowest BCUT2D eigenvalue weighted by molar-refractivity contribution is -0.127. The second-order valence-electron chi connectivity index (χ2n) is 4.09. The minimum Gasteiger partial charge on any atom is -0.485 e. The number of rotatable bonds is 3. The quantitative estimate of drug-likeness (QED) is 0.851. The Kier molecular flexibility index (Phi) is 3.02. The summed E-state index contributed by atoms with van der Waals surface area (Å²) in [5.74, 6) is 1.41. The fraction of sp³-hybridized carbons (Fsp3) is 0.214. The number of hydrogen-bond acceptors (Lipinski definition) is 4. The molecule has 0 radical (unpaired) electrons. The molecule has 0 saturated heterocycles. The van der Waals surface area contributed by atoms with Crippen molar-refractivity contribution in [2.75, 3.05) is 6.61 Å². The number of carbonyl (C=O) groups is 1. The first-order valence-corrected chi connectivity index (χ1v) is 6.64. The molecular weight excluding hydrogens is 248 g/mol. The summed E-state index contributed by atoms with van der Waals surface area (Å²) < 4.78 is 11.2. The molecule has 0 N–H and O–H groups in total. The molecule has 1 unspecified atom stereocenters. The zero-order valence-corrected chi connectivity index (χ0v) is 10.5. The van der Waals surface area contributed by atoms with Crippen LogP contribution in [0.2, 0.25) is 0 Å². The highest BCUT2D eigenvalue weighted by Crippen LogP contribution is 2.31. The number of fused-ring (bicyclic) bond motifs is 1. The molecule has 2 heterocycles. The Morgan fingerprint density at radius 3 is 2.83 bits per heavy atom. The van der Waals surface area contributed by atoms with Gasteiger partial charge < -0.3 is 9.47 Å². The molecule has 1 aliphatic heterocycles. The van der Waals surface area contributed by atoms with Crippen molar-refractivity contribution < 1.29 is 14.3 Å². The van der Waals surface area contributed by atoms with Crippen molar-refractivity contribution in [3.05, 3.63) is 46.7 Å². The van der Waals surface area contributed by atoms with Gasteiger partial charge in [-0.3, -0.25) is 4.79 Å². The van der Waals surface area contributed by atoms with Crippen LogP contribution >= 0.6 is 11.3 Å². The normalized spacial score (nSPS) is 17.4. The number of para-hydroxylation sites is 2. The molecule has 0 fully saturated rings. The zero-order chi connectivity index (χ0) is 12.4. The van der Waals surface area contributed by atoms with Gasteiger partial charge in [-0.1, -0.05) is 18.2 Å². The Hall–Kier alpha value is -1.81. The second kappa shape index (κ2) is 4.82. The van der Waals surface area contributed by atoms with Crippen LogP contribution in [0, 0.1) is 0 Å². The lowest BCUT2D eigenvalue weighted by Gasteiger charge is -2.25. The molecule has 4 heteroatoms. The van der Waals surface area contributed by atoms with Crippen LogP contribution in [0.3, 0.4) is 0 Å². The van der Waals surface area contributed by atoms with Crippen molar-refractivity contribution in [3.8, 4) is 11.5 Å². The van der Waals surface area contributed by atoms with E-state index in [0.717, 1.165) is 4.88 Å². The van der Waals surface area contributed by atoms with Gasteiger partial charge in [0.1, 0.15) is 6.61 Å². The van der Waals surface area contributed by atoms with Crippen molar-refractivity contribution in [2.45, 2.75) is 12.5 Å². The Morgan fingerprint density at radius 1 is 1.22 bits per heavy atom. The van der Waals surface area contributed by atoms with Crippen LogP contribution in [0.4, 0.5) is 0 Å². The summed E-state index contributed by atoms with van der Waals surface area (Å²) in [6.45, 7) is 0.293. The van der Waals surface area contributed by atoms with Gasteiger partial charge in [0.15, 0.2) is 23.4 Å². The molecule has 1 aromatic carbocycles. The molecule has 0 spiro atoms. The van der Waals surface area contributed by atoms with Crippen molar-refractivity contribution >= 4 is 17.1 Å². The lowest BCUT2D eigenvalue weighted by Crippen LogP contribution is -2.37. The van der Waals surface area contributed by atoms with Gasteiger partial charge in [-0.05, 0) is 23.6 Å². The zero-order valence-electron chi connectivity index (χ0n) is 9.67. The van der Waals surface area contributed by atoms with Crippen molar-refractivity contribution in [2.24, 2.45) is 0 Å². The molecule has 2 aromatic rings. The molecule has 1 atom stereocenters. The highest BCUT2D eigenvalue weighted by molar-refractivity contribution is 7.10. The SMILES string of the molecule is O=C(Cc1cccs1)C1COc2ccccc2O1. The summed E-state index contributed by atoms with van der Waals surface area (Å²) in [7, 11) is 0. The molecule has 92 valence electrons. The topological polar surface area (TPSA) is 35.5 Å². The van der Waals surface area contributed by atoms with E-state index in [2.05, 4.69) is 0 Å². The maximum absolute atomic E-state index is 12.1. The van der Waals surface area contributed by atoms with E-state index in [-0.39, 0.29) is 5.78 Å². The third kappa shape index (κ3) is 2.24. The monoisotopic (exact) mass is 260 g/mol. The third-order valence-electron chi connectivity index (χ3n) is 2.80. The highest BCUT2D eigenvalue weighted by Gasteiger charge is 2.27. The predicted molar refractivity (Wildman–Crippen MR) is 69.4 cm³/mol. The molecule has 0 amide bonds. The maximum Gasteiger partial charge on any atom is 0.191 e. The molecule has 0 bridgehead atoms. The van der Waals surface area contributed by atoms with Gasteiger partial charge in [-0.2, -0.15) is 0 Å². The smallest absolute Gasteiger partial charge is 0.191 e. The molecule has 1 aliphatic rings. The average Bonchev–Trinajstić information content (AvgIpc) is 2.91. The number of hydrogen-bond donors (Lipinski definition) is 0. The van der Waals surface area contributed by atoms with Crippen molar-refractivity contribution in [3.63, 3.8) is 0 Å². The minimum absolute atomic E-state index is 0.0620. The molecular formula is C14H12O3S. The van der Waals surface area contributed by atoms with Gasteiger partial charge >= 0.3 is 0 Å². The van der Waals surface area contributed by atoms with Crippen LogP contribution in [0.1, 0.15) is 4.88 Å². The van der Waals surface area contributed by atoms with Gasteiger partial charge in [-0.25, -0.2) is 0 Å². The van der Waals surface area contributed by atoms with E-state index in [9.17, 15) is 4.79 Å². The first-order chi connectivity index (χ1) is 8.83. The number of benzene rings is 1. The van der Waals surface area contributed by atoms with E-state index >= 15 is 0 Å². The van der Waals surface area contributed by atoms with Crippen LogP contribution < -0.4 is 9.47 Å². The van der Waals surface area contributed by atoms with Gasteiger partial charge in [-0.15, -0.1) is 11.3 Å². The summed E-state index contributed by atoms with van der Waals surface area (Å²) >= 11 is 1.58. The van der Waals surface area contributed by atoms with Gasteiger partial charge in [0.05, 0.1) is 0 Å². The van der Waals surface area contributed by atoms with E-state index in [1.165, 1.54) is 0 Å². The molecule has 3 nitrogen and oxygen atoms in total. The fourth-order valence-electron chi connectivity index (χ4n) is 1.88. The number of Topliss-reactive ketones (excluding diaryl/α,β-unsaturated/α-hetero) is 1. The molecule has 0 saturated carbocycles. The van der Waals surface area contributed by atoms with Crippen LogP contribution in [0.5, 0.6) is 11.5 Å². The van der Waals surface area contributed by atoms with Crippen molar-refractivity contribution in [1.29, 1.82) is 0 Å². The summed E-state index contributed by atoms with van der Waals surface area (Å²) in [6, 6.07) is 11.3. The van der Waals surface area contributed by atoms with Crippen LogP contribution in [-0.2, 0) is 11.2 Å². The molecule has 0 aliphatic carbocycles. The summed E-state index contributed by atoms with van der Waals surface area (Å²) in [6.07, 6.45) is -0.0876. The first kappa shape index (κ1) is 11.3. The largest absolute Gasteiger partial charge is 0.485 e. The summed E-state index contributed by atoms with van der Waals surface area (Å²) in [4.78, 5) is 13.1. The number of ketones is 1. The standard InChI is InChI=1S/C14H12O3S/c15-11(8-10-4-3-7-18-10)14-9-16-12-5-1-2-6-13(12)17-14/h1-7,14H,8-9H2. The Morgan fingerprint density at radius 2 is 2.06 bits per heavy atom. The Bertz CT molecular complexity index is 548. The average molecular weight is 260 g/mol. The predicted octanol–water partition coefficient (Wildman–Crippen LogP) is 2.70. The van der Waals surface area contributed by atoms with Crippen molar-refractivity contribution in [1.82, 2.24) is 0 Å². The highest BCUT2D eigenvalue weighted by atomic mass is 32.1. The lowest BCUT2D eigenvalue weighted by atomic mass is 10.1. The van der Waals surface area contributed by atoms with Crippen LogP contribution in [0.15, 0.2) is 41.8 Å². The van der Waals surface area contributed by atoms with Gasteiger partial charge in [0, 0.05) is 11.3 Å². The maximum atomic E-state index is 12.1. The summed E-state index contributed by atoms with van der Waals surface area (Å²) in [5.41, 5.74) is 0. The van der Waals surface area contributed by atoms with E-state index in [0.29, 0.717) is 24.5 Å². The minimum atomic E-state index is -0.498. The molecule has 18 heavy (non-hydrogen) atoms. The van der Waals surface area contributed by atoms with Crippen LogP contribution in [-0.4, -0.2) is 18.5 Å². The van der Waals surface area contributed by atoms with Crippen LogP contribution in [0.25, 0.3) is 0 Å². The third-order valence-corrected chi connectivity index (χ3v) is 3.67. The number of ether oxygens (including phenoxy) is 2. The van der Waals surface area contributed by atoms with E-state index in [4.69, 9.17) is 9.47 Å². The first-order valence-electron chi connectivity index (χ1n) is 5.76. The van der Waals surface area contributed by atoms with E-state index in [1.54, 1.807) is 11.3 Å². The summed E-state index contributed by atoms with van der Waals surface area (Å²) in [5, 5.41) is 1.97. The van der Waals surface area contributed by atoms with E-state index < -0.39 is 6.10 Å². The fourth-order valence-corrected chi connectivity index (χ4v) is 2.59. The van der Waals surface area contributed by atoms with Gasteiger partial charge in [0.2, 0.25) is 0 Å². The Labute approximate surface area is 109 Å². The number of thiophene rings is 1.